The van der Waals surface area contributed by atoms with E-state index in [2.05, 4.69) is 0 Å². The number of hydrogen-bond donors (Lipinski definition) is 0. The molecule has 1 amide bonds. The van der Waals surface area contributed by atoms with Crippen LogP contribution in [0.5, 0.6) is 0 Å². The van der Waals surface area contributed by atoms with E-state index in [1.807, 2.05) is 27.7 Å². The highest BCUT2D eigenvalue weighted by atomic mass is 19.4. The van der Waals surface area contributed by atoms with Crippen LogP contribution in [0.3, 0.4) is 0 Å². The van der Waals surface area contributed by atoms with Crippen LogP contribution in [0.4, 0.5) is 13.2 Å². The molecule has 0 aromatic heterocycles. The number of rotatable bonds is 2. The molecule has 5 heteroatoms. The molecule has 1 fully saturated rings. The maximum atomic E-state index is 12.2. The average molecular weight is 237 g/mol. The summed E-state index contributed by atoms with van der Waals surface area (Å²) in [6.45, 7) is 8.43. The summed E-state index contributed by atoms with van der Waals surface area (Å²) < 4.78 is 36.5. The Kier molecular flexibility index (Phi) is 3.27. The monoisotopic (exact) mass is 237 g/mol. The minimum Gasteiger partial charge on any atom is -0.334 e. The van der Waals surface area contributed by atoms with Crippen LogP contribution in [0.1, 0.15) is 27.7 Å². The Balaban J connectivity index is 2.69. The first-order chi connectivity index (χ1) is 7.11. The zero-order valence-corrected chi connectivity index (χ0v) is 10.1. The largest absolute Gasteiger partial charge is 0.471 e. The maximum absolute atomic E-state index is 12.2. The van der Waals surface area contributed by atoms with E-state index in [4.69, 9.17) is 0 Å². The molecule has 94 valence electrons. The van der Waals surface area contributed by atoms with Crippen molar-refractivity contribution in [1.82, 2.24) is 4.90 Å². The highest BCUT2D eigenvalue weighted by Gasteiger charge is 2.54. The summed E-state index contributed by atoms with van der Waals surface area (Å²) in [7, 11) is 0. The van der Waals surface area contributed by atoms with Gasteiger partial charge in [-0.3, -0.25) is 4.79 Å². The van der Waals surface area contributed by atoms with Gasteiger partial charge < -0.3 is 4.90 Å². The van der Waals surface area contributed by atoms with Crippen molar-refractivity contribution in [3.63, 3.8) is 0 Å². The molecule has 0 unspecified atom stereocenters. The van der Waals surface area contributed by atoms with Crippen molar-refractivity contribution in [3.8, 4) is 0 Å². The SMILES string of the molecule is CC(C)C1(C(C)C)CN(C(=O)C(F)(F)F)C1. The van der Waals surface area contributed by atoms with E-state index in [0.29, 0.717) is 0 Å². The van der Waals surface area contributed by atoms with Gasteiger partial charge in [0, 0.05) is 18.5 Å². The normalized spacial score (nSPS) is 20.2. The predicted octanol–water partition coefficient (Wildman–Crippen LogP) is 2.69. The van der Waals surface area contributed by atoms with Crippen LogP contribution >= 0.6 is 0 Å². The summed E-state index contributed by atoms with van der Waals surface area (Å²) in [5, 5.41) is 0. The van der Waals surface area contributed by atoms with Gasteiger partial charge in [0.1, 0.15) is 0 Å². The first kappa shape index (κ1) is 13.3. The summed E-state index contributed by atoms with van der Waals surface area (Å²) in [5.74, 6) is -1.14. The third-order valence-corrected chi connectivity index (χ3v) is 3.80. The van der Waals surface area contributed by atoms with Crippen LogP contribution in [0.15, 0.2) is 0 Å². The van der Waals surface area contributed by atoms with Crippen molar-refractivity contribution in [2.24, 2.45) is 17.3 Å². The third-order valence-electron chi connectivity index (χ3n) is 3.80. The number of carbonyl (C=O) groups is 1. The number of alkyl halides is 3. The first-order valence-corrected chi connectivity index (χ1v) is 5.47. The molecule has 0 radical (unpaired) electrons. The second-order valence-electron chi connectivity index (χ2n) is 5.20. The van der Waals surface area contributed by atoms with Gasteiger partial charge in [-0.1, -0.05) is 27.7 Å². The lowest BCUT2D eigenvalue weighted by atomic mass is 9.63. The Morgan fingerprint density at radius 2 is 1.50 bits per heavy atom. The summed E-state index contributed by atoms with van der Waals surface area (Å²) in [6.07, 6.45) is -4.74. The van der Waals surface area contributed by atoms with Gasteiger partial charge in [0.25, 0.3) is 0 Å². The maximum Gasteiger partial charge on any atom is 0.471 e. The Bertz CT molecular complexity index is 267. The fourth-order valence-corrected chi connectivity index (χ4v) is 2.38. The molecule has 1 saturated heterocycles. The van der Waals surface area contributed by atoms with Crippen LogP contribution in [0.2, 0.25) is 0 Å². The van der Waals surface area contributed by atoms with Gasteiger partial charge in [-0.05, 0) is 11.8 Å². The van der Waals surface area contributed by atoms with E-state index in [0.717, 1.165) is 4.90 Å². The topological polar surface area (TPSA) is 20.3 Å². The van der Waals surface area contributed by atoms with Gasteiger partial charge in [0.15, 0.2) is 0 Å². The fourth-order valence-electron chi connectivity index (χ4n) is 2.38. The van der Waals surface area contributed by atoms with Gasteiger partial charge in [-0.15, -0.1) is 0 Å². The molecule has 0 saturated carbocycles. The number of halogens is 3. The molecule has 1 aliphatic rings. The van der Waals surface area contributed by atoms with Gasteiger partial charge in [-0.25, -0.2) is 0 Å². The minimum absolute atomic E-state index is 0.152. The molecule has 0 N–H and O–H groups in total. The molecule has 0 spiro atoms. The van der Waals surface area contributed by atoms with Gasteiger partial charge in [0.05, 0.1) is 0 Å². The van der Waals surface area contributed by atoms with Crippen molar-refractivity contribution in [1.29, 1.82) is 0 Å². The molecule has 1 heterocycles. The lowest BCUT2D eigenvalue weighted by Crippen LogP contribution is -2.65. The standard InChI is InChI=1S/C11H18F3NO/c1-7(2)10(8(3)4)5-15(6-10)9(16)11(12,13)14/h7-8H,5-6H2,1-4H3. The second-order valence-corrected chi connectivity index (χ2v) is 5.20. The first-order valence-electron chi connectivity index (χ1n) is 5.47. The average Bonchev–Trinajstić information content (AvgIpc) is 1.98. The highest BCUT2D eigenvalue weighted by molar-refractivity contribution is 5.82. The van der Waals surface area contributed by atoms with Gasteiger partial charge in [0.2, 0.25) is 0 Å². The van der Waals surface area contributed by atoms with Crippen molar-refractivity contribution in [2.75, 3.05) is 13.1 Å². The molecule has 2 nitrogen and oxygen atoms in total. The summed E-state index contributed by atoms with van der Waals surface area (Å²) in [5.41, 5.74) is -0.152. The van der Waals surface area contributed by atoms with E-state index in [9.17, 15) is 18.0 Å². The molecule has 0 bridgehead atoms. The summed E-state index contributed by atoms with van der Waals surface area (Å²) in [4.78, 5) is 11.9. The molecule has 0 aromatic rings. The van der Waals surface area contributed by atoms with E-state index in [1.54, 1.807) is 0 Å². The molecule has 16 heavy (non-hydrogen) atoms. The molecular formula is C11H18F3NO. The lowest BCUT2D eigenvalue weighted by Gasteiger charge is -2.55. The highest BCUT2D eigenvalue weighted by Crippen LogP contribution is 2.45. The number of carbonyl (C=O) groups excluding carboxylic acids is 1. The quantitative estimate of drug-likeness (QED) is 0.723. The Labute approximate surface area is 93.8 Å². The minimum atomic E-state index is -4.74. The second kappa shape index (κ2) is 3.93. The zero-order valence-electron chi connectivity index (χ0n) is 10.1. The lowest BCUT2D eigenvalue weighted by molar-refractivity contribution is -0.201. The molecular weight excluding hydrogens is 219 g/mol. The fraction of sp³-hybridized carbons (Fsp3) is 0.909. The molecule has 0 aromatic carbocycles. The number of hydrogen-bond acceptors (Lipinski definition) is 1. The molecule has 0 atom stereocenters. The zero-order chi connectivity index (χ0) is 12.7. The smallest absolute Gasteiger partial charge is 0.334 e. The van der Waals surface area contributed by atoms with Crippen LogP contribution < -0.4 is 0 Å². The van der Waals surface area contributed by atoms with Crippen LogP contribution in [0, 0.1) is 17.3 Å². The predicted molar refractivity (Wildman–Crippen MR) is 54.7 cm³/mol. The van der Waals surface area contributed by atoms with Gasteiger partial charge >= 0.3 is 12.1 Å². The van der Waals surface area contributed by atoms with Crippen LogP contribution in [0.25, 0.3) is 0 Å². The number of likely N-dealkylation sites (tertiary alicyclic amines) is 1. The Morgan fingerprint density at radius 3 is 1.75 bits per heavy atom. The van der Waals surface area contributed by atoms with Crippen molar-refractivity contribution < 1.29 is 18.0 Å². The van der Waals surface area contributed by atoms with Crippen molar-refractivity contribution >= 4 is 5.91 Å². The van der Waals surface area contributed by atoms with E-state index in [1.165, 1.54) is 0 Å². The van der Waals surface area contributed by atoms with Crippen LogP contribution in [-0.2, 0) is 4.79 Å². The van der Waals surface area contributed by atoms with Gasteiger partial charge in [-0.2, -0.15) is 13.2 Å². The van der Waals surface area contributed by atoms with Crippen molar-refractivity contribution in [3.05, 3.63) is 0 Å². The summed E-state index contributed by atoms with van der Waals surface area (Å²) in [6, 6.07) is 0. The van der Waals surface area contributed by atoms with E-state index in [-0.39, 0.29) is 30.3 Å². The number of amides is 1. The van der Waals surface area contributed by atoms with E-state index >= 15 is 0 Å². The molecule has 1 aliphatic heterocycles. The van der Waals surface area contributed by atoms with Crippen LogP contribution in [-0.4, -0.2) is 30.1 Å². The Hall–Kier alpha value is -0.740. The molecule has 0 aliphatic carbocycles. The van der Waals surface area contributed by atoms with Crippen molar-refractivity contribution in [2.45, 2.75) is 33.9 Å². The molecule has 1 rings (SSSR count). The Morgan fingerprint density at radius 1 is 1.12 bits per heavy atom. The number of nitrogens with zero attached hydrogens (tertiary/aromatic N) is 1. The van der Waals surface area contributed by atoms with E-state index < -0.39 is 12.1 Å². The summed E-state index contributed by atoms with van der Waals surface area (Å²) >= 11 is 0. The third kappa shape index (κ3) is 2.04.